The Hall–Kier alpha value is -2.69. The molecule has 0 saturated carbocycles. The highest BCUT2D eigenvalue weighted by Crippen LogP contribution is 2.22. The van der Waals surface area contributed by atoms with Gasteiger partial charge in [0.05, 0.1) is 0 Å². The fourth-order valence-electron chi connectivity index (χ4n) is 1.82. The van der Waals surface area contributed by atoms with Crippen LogP contribution in [0.25, 0.3) is 22.9 Å². The molecule has 5 heteroatoms. The van der Waals surface area contributed by atoms with E-state index in [4.69, 9.17) is 5.73 Å². The Balaban J connectivity index is 1.99. The van der Waals surface area contributed by atoms with E-state index in [2.05, 4.69) is 20.2 Å². The zero-order valence-electron chi connectivity index (χ0n) is 10.5. The fourth-order valence-corrected chi connectivity index (χ4v) is 1.82. The van der Waals surface area contributed by atoms with Crippen molar-refractivity contribution in [3.8, 4) is 22.9 Å². The van der Waals surface area contributed by atoms with Crippen LogP contribution in [0.15, 0.2) is 42.6 Å². The maximum absolute atomic E-state index is 5.80. The molecule has 5 nitrogen and oxygen atoms in total. The number of nitrogens with zero attached hydrogens (tertiary/aromatic N) is 3. The van der Waals surface area contributed by atoms with Gasteiger partial charge in [0.25, 0.3) is 0 Å². The summed E-state index contributed by atoms with van der Waals surface area (Å²) in [6.45, 7) is 1.96. The molecule has 0 fully saturated rings. The second-order valence-corrected chi connectivity index (χ2v) is 4.29. The number of pyridine rings is 1. The van der Waals surface area contributed by atoms with Gasteiger partial charge < -0.3 is 5.73 Å². The highest BCUT2D eigenvalue weighted by atomic mass is 15.2. The minimum Gasteiger partial charge on any atom is -0.399 e. The molecule has 94 valence electrons. The summed E-state index contributed by atoms with van der Waals surface area (Å²) < 4.78 is 0. The normalized spacial score (nSPS) is 10.6. The molecule has 0 atom stereocenters. The second-order valence-electron chi connectivity index (χ2n) is 4.29. The molecule has 0 saturated heterocycles. The Morgan fingerprint density at radius 2 is 2.05 bits per heavy atom. The largest absolute Gasteiger partial charge is 0.399 e. The highest BCUT2D eigenvalue weighted by Gasteiger charge is 2.08. The third-order valence-electron chi connectivity index (χ3n) is 2.92. The molecule has 0 aliphatic heterocycles. The molecule has 0 unspecified atom stereocenters. The first-order valence-corrected chi connectivity index (χ1v) is 5.94. The van der Waals surface area contributed by atoms with Gasteiger partial charge in [0.15, 0.2) is 11.6 Å². The van der Waals surface area contributed by atoms with Crippen molar-refractivity contribution in [2.24, 2.45) is 0 Å². The van der Waals surface area contributed by atoms with Gasteiger partial charge in [-0.3, -0.25) is 10.1 Å². The number of aryl methyl sites for hydroxylation is 1. The number of rotatable bonds is 2. The van der Waals surface area contributed by atoms with Crippen LogP contribution in [0.3, 0.4) is 0 Å². The van der Waals surface area contributed by atoms with Crippen LogP contribution >= 0.6 is 0 Å². The van der Waals surface area contributed by atoms with E-state index in [-0.39, 0.29) is 0 Å². The summed E-state index contributed by atoms with van der Waals surface area (Å²) in [4.78, 5) is 8.69. The number of benzene rings is 1. The van der Waals surface area contributed by atoms with Crippen LogP contribution in [0.2, 0.25) is 0 Å². The first kappa shape index (κ1) is 11.4. The van der Waals surface area contributed by atoms with E-state index in [0.717, 1.165) is 22.5 Å². The maximum Gasteiger partial charge on any atom is 0.181 e. The summed E-state index contributed by atoms with van der Waals surface area (Å²) in [6, 6.07) is 11.4. The van der Waals surface area contributed by atoms with Gasteiger partial charge in [0, 0.05) is 17.4 Å². The molecule has 3 N–H and O–H groups in total. The number of nitrogen functional groups attached to an aromatic ring is 1. The second kappa shape index (κ2) is 4.53. The number of nitrogens with two attached hydrogens (primary N) is 1. The molecule has 0 aliphatic rings. The molecule has 2 aromatic heterocycles. The number of hydrogen-bond acceptors (Lipinski definition) is 4. The summed E-state index contributed by atoms with van der Waals surface area (Å²) in [6.07, 6.45) is 1.73. The number of nitrogens with one attached hydrogen (secondary N) is 1. The molecular weight excluding hydrogens is 238 g/mol. The van der Waals surface area contributed by atoms with Crippen molar-refractivity contribution < 1.29 is 0 Å². The Bertz CT molecular complexity index is 703. The topological polar surface area (TPSA) is 80.5 Å². The van der Waals surface area contributed by atoms with Crippen molar-refractivity contribution in [3.63, 3.8) is 0 Å². The molecule has 3 aromatic rings. The Morgan fingerprint density at radius 1 is 1.16 bits per heavy atom. The van der Waals surface area contributed by atoms with Gasteiger partial charge in [0.2, 0.25) is 0 Å². The number of H-pyrrole nitrogens is 1. The van der Waals surface area contributed by atoms with Crippen molar-refractivity contribution in [1.29, 1.82) is 0 Å². The standard InChI is InChI=1S/C14H13N5/c1-9-8-10(5-6-11(9)15)13-17-14(19-18-13)12-4-2-3-7-16-12/h2-8H,15H2,1H3,(H,17,18,19). The lowest BCUT2D eigenvalue weighted by Gasteiger charge is -2.01. The van der Waals surface area contributed by atoms with E-state index < -0.39 is 0 Å². The number of hydrogen-bond donors (Lipinski definition) is 2. The van der Waals surface area contributed by atoms with Crippen LogP contribution in [-0.4, -0.2) is 20.2 Å². The Labute approximate surface area is 110 Å². The molecule has 1 aromatic carbocycles. The Morgan fingerprint density at radius 3 is 2.79 bits per heavy atom. The lowest BCUT2D eigenvalue weighted by atomic mass is 10.1. The molecule has 3 rings (SSSR count). The maximum atomic E-state index is 5.80. The first-order valence-electron chi connectivity index (χ1n) is 5.94. The molecule has 0 radical (unpaired) electrons. The van der Waals surface area contributed by atoms with Gasteiger partial charge >= 0.3 is 0 Å². The van der Waals surface area contributed by atoms with Crippen molar-refractivity contribution >= 4 is 5.69 Å². The monoisotopic (exact) mass is 251 g/mol. The van der Waals surface area contributed by atoms with Crippen molar-refractivity contribution in [2.45, 2.75) is 6.92 Å². The number of aromatic amines is 1. The average molecular weight is 251 g/mol. The first-order chi connectivity index (χ1) is 9.24. The van der Waals surface area contributed by atoms with Crippen molar-refractivity contribution in [1.82, 2.24) is 20.2 Å². The van der Waals surface area contributed by atoms with Gasteiger partial charge in [0.1, 0.15) is 5.69 Å². The van der Waals surface area contributed by atoms with Crippen LogP contribution in [0, 0.1) is 6.92 Å². The quantitative estimate of drug-likeness (QED) is 0.685. The van der Waals surface area contributed by atoms with Gasteiger partial charge in [-0.05, 0) is 42.8 Å². The minimum absolute atomic E-state index is 0.642. The predicted molar refractivity (Wildman–Crippen MR) is 74.2 cm³/mol. The SMILES string of the molecule is Cc1cc(-c2n[nH]c(-c3ccccn3)n2)ccc1N. The molecule has 19 heavy (non-hydrogen) atoms. The lowest BCUT2D eigenvalue weighted by Crippen LogP contribution is -1.90. The van der Waals surface area contributed by atoms with E-state index in [1.165, 1.54) is 0 Å². The summed E-state index contributed by atoms with van der Waals surface area (Å²) in [5, 5.41) is 7.12. The molecule has 0 bridgehead atoms. The zero-order valence-corrected chi connectivity index (χ0v) is 10.5. The third kappa shape index (κ3) is 2.18. The zero-order chi connectivity index (χ0) is 13.2. The Kier molecular flexibility index (Phi) is 2.72. The van der Waals surface area contributed by atoms with Crippen LogP contribution in [0.5, 0.6) is 0 Å². The van der Waals surface area contributed by atoms with Crippen molar-refractivity contribution in [3.05, 3.63) is 48.2 Å². The lowest BCUT2D eigenvalue weighted by molar-refractivity contribution is 1.09. The van der Waals surface area contributed by atoms with Gasteiger partial charge in [-0.2, -0.15) is 5.10 Å². The van der Waals surface area contributed by atoms with Crippen LogP contribution in [0.4, 0.5) is 5.69 Å². The number of aromatic nitrogens is 4. The van der Waals surface area contributed by atoms with Crippen LogP contribution in [0.1, 0.15) is 5.56 Å². The van der Waals surface area contributed by atoms with Crippen molar-refractivity contribution in [2.75, 3.05) is 5.73 Å². The molecular formula is C14H13N5. The molecule has 0 amide bonds. The molecule has 2 heterocycles. The van der Waals surface area contributed by atoms with Crippen LogP contribution in [-0.2, 0) is 0 Å². The van der Waals surface area contributed by atoms with Crippen LogP contribution < -0.4 is 5.73 Å². The molecule has 0 aliphatic carbocycles. The minimum atomic E-state index is 0.642. The summed E-state index contributed by atoms with van der Waals surface area (Å²) in [5.41, 5.74) is 9.29. The van der Waals surface area contributed by atoms with Gasteiger partial charge in [-0.1, -0.05) is 6.07 Å². The van der Waals surface area contributed by atoms with Gasteiger partial charge in [-0.25, -0.2) is 4.98 Å². The molecule has 0 spiro atoms. The summed E-state index contributed by atoms with van der Waals surface area (Å²) in [5.74, 6) is 1.30. The summed E-state index contributed by atoms with van der Waals surface area (Å²) >= 11 is 0. The van der Waals surface area contributed by atoms with E-state index in [0.29, 0.717) is 11.6 Å². The van der Waals surface area contributed by atoms with E-state index in [9.17, 15) is 0 Å². The van der Waals surface area contributed by atoms with E-state index >= 15 is 0 Å². The van der Waals surface area contributed by atoms with Gasteiger partial charge in [-0.15, -0.1) is 0 Å². The predicted octanol–water partition coefficient (Wildman–Crippen LogP) is 2.42. The highest BCUT2D eigenvalue weighted by molar-refractivity contribution is 5.63. The van der Waals surface area contributed by atoms with E-state index in [1.807, 2.05) is 43.3 Å². The smallest absolute Gasteiger partial charge is 0.181 e. The van der Waals surface area contributed by atoms with E-state index in [1.54, 1.807) is 6.20 Å². The fraction of sp³-hybridized carbons (Fsp3) is 0.0714. The third-order valence-corrected chi connectivity index (χ3v) is 2.92. The number of anilines is 1. The summed E-state index contributed by atoms with van der Waals surface area (Å²) in [7, 11) is 0. The average Bonchev–Trinajstić information content (AvgIpc) is 2.93.